The van der Waals surface area contributed by atoms with Gasteiger partial charge in [0, 0.05) is 49.7 Å². The molecule has 1 amide bonds. The number of methoxy groups -OCH3 is 1. The van der Waals surface area contributed by atoms with E-state index in [0.717, 1.165) is 31.9 Å². The number of piperazine rings is 1. The van der Waals surface area contributed by atoms with Crippen LogP contribution in [-0.4, -0.2) is 82.6 Å². The van der Waals surface area contributed by atoms with E-state index in [1.807, 2.05) is 32.0 Å². The number of nitrogens with zero attached hydrogens (tertiary/aromatic N) is 6. The molecule has 4 aromatic rings. The van der Waals surface area contributed by atoms with E-state index in [0.29, 0.717) is 33.9 Å². The molecule has 1 fully saturated rings. The normalized spacial score (nSPS) is 14.0. The topological polar surface area (TPSA) is 138 Å². The van der Waals surface area contributed by atoms with E-state index >= 15 is 0 Å². The van der Waals surface area contributed by atoms with Gasteiger partial charge in [-0.05, 0) is 39.1 Å². The Morgan fingerprint density at radius 3 is 2.56 bits per heavy atom. The van der Waals surface area contributed by atoms with E-state index in [1.54, 1.807) is 31.4 Å². The average molecular weight is 559 g/mol. The summed E-state index contributed by atoms with van der Waals surface area (Å²) in [6.45, 7) is 6.91. The molecular formula is C29H34N8O4. The molecule has 0 spiro atoms. The van der Waals surface area contributed by atoms with Gasteiger partial charge in [-0.1, -0.05) is 18.2 Å². The highest BCUT2D eigenvalue weighted by Crippen LogP contribution is 2.34. The standard InChI is InChI=1S/C29H34N8O4/c1-18(2)37-28(40)21-16-30-29(32-23-10-9-19(15-24(23)41-4)36-13-11-35(3)12-14-36)33-26(21)27(34-37)20-7-5-6-8-22(20)31-25(39)17-38/h5-10,15-16,18,38H,11-14,17H2,1-4H3,(H,31,39)(H,30,32,33). The minimum atomic E-state index is -0.667. The molecule has 0 unspecified atom stereocenters. The summed E-state index contributed by atoms with van der Waals surface area (Å²) in [4.78, 5) is 39.1. The van der Waals surface area contributed by atoms with Crippen LogP contribution in [0, 0.1) is 0 Å². The van der Waals surface area contributed by atoms with Gasteiger partial charge < -0.3 is 30.3 Å². The largest absolute Gasteiger partial charge is 0.494 e. The summed E-state index contributed by atoms with van der Waals surface area (Å²) in [6, 6.07) is 12.8. The Hall–Kier alpha value is -4.55. The van der Waals surface area contributed by atoms with E-state index in [1.165, 1.54) is 10.9 Å². The zero-order valence-corrected chi connectivity index (χ0v) is 23.6. The summed E-state index contributed by atoms with van der Waals surface area (Å²) in [6.07, 6.45) is 1.48. The molecule has 41 heavy (non-hydrogen) atoms. The summed E-state index contributed by atoms with van der Waals surface area (Å²) in [5.41, 5.74) is 3.12. The highest BCUT2D eigenvalue weighted by Gasteiger charge is 2.20. The molecule has 5 rings (SSSR count). The number of likely N-dealkylation sites (N-methyl/N-ethyl adjacent to an activating group) is 1. The van der Waals surface area contributed by atoms with Crippen molar-refractivity contribution >= 4 is 39.8 Å². The number of carbonyl (C=O) groups is 1. The second-order valence-electron chi connectivity index (χ2n) is 10.2. The number of fused-ring (bicyclic) bond motifs is 1. The first-order chi connectivity index (χ1) is 19.8. The van der Waals surface area contributed by atoms with Crippen molar-refractivity contribution in [1.29, 1.82) is 0 Å². The van der Waals surface area contributed by atoms with Crippen LogP contribution in [0.25, 0.3) is 22.2 Å². The average Bonchev–Trinajstić information content (AvgIpc) is 2.98. The Bertz CT molecular complexity index is 1630. The van der Waals surface area contributed by atoms with Crippen LogP contribution in [0.1, 0.15) is 19.9 Å². The number of aliphatic hydroxyl groups excluding tert-OH is 1. The van der Waals surface area contributed by atoms with Crippen molar-refractivity contribution in [3.63, 3.8) is 0 Å². The summed E-state index contributed by atoms with van der Waals surface area (Å²) < 4.78 is 7.07. The fourth-order valence-corrected chi connectivity index (χ4v) is 4.79. The molecule has 1 saturated heterocycles. The van der Waals surface area contributed by atoms with Gasteiger partial charge >= 0.3 is 0 Å². The molecule has 3 heterocycles. The molecule has 0 saturated carbocycles. The van der Waals surface area contributed by atoms with Crippen LogP contribution in [0.3, 0.4) is 0 Å². The number of para-hydroxylation sites is 1. The molecule has 0 atom stereocenters. The highest BCUT2D eigenvalue weighted by atomic mass is 16.5. The van der Waals surface area contributed by atoms with Crippen LogP contribution >= 0.6 is 0 Å². The van der Waals surface area contributed by atoms with Gasteiger partial charge in [-0.15, -0.1) is 0 Å². The number of amides is 1. The summed E-state index contributed by atoms with van der Waals surface area (Å²) in [7, 11) is 3.74. The van der Waals surface area contributed by atoms with Crippen LogP contribution in [-0.2, 0) is 4.79 Å². The maximum absolute atomic E-state index is 13.3. The molecule has 2 aromatic heterocycles. The molecule has 0 bridgehead atoms. The third-order valence-electron chi connectivity index (χ3n) is 7.05. The lowest BCUT2D eigenvalue weighted by atomic mass is 10.1. The first-order valence-electron chi connectivity index (χ1n) is 13.5. The number of anilines is 4. The van der Waals surface area contributed by atoms with Crippen LogP contribution in [0.15, 0.2) is 53.5 Å². The van der Waals surface area contributed by atoms with E-state index in [-0.39, 0.29) is 22.9 Å². The molecule has 2 aromatic carbocycles. The fraction of sp³-hybridized carbons (Fsp3) is 0.345. The first-order valence-corrected chi connectivity index (χ1v) is 13.5. The second-order valence-corrected chi connectivity index (χ2v) is 10.2. The quantitative estimate of drug-likeness (QED) is 0.296. The van der Waals surface area contributed by atoms with Gasteiger partial charge in [-0.2, -0.15) is 5.10 Å². The Kier molecular flexibility index (Phi) is 8.13. The SMILES string of the molecule is COc1cc(N2CCN(C)CC2)ccc1Nc1ncc2c(=O)n(C(C)C)nc(-c3ccccc3NC(=O)CO)c2n1. The highest BCUT2D eigenvalue weighted by molar-refractivity contribution is 6.00. The molecule has 0 aliphatic carbocycles. The van der Waals surface area contributed by atoms with Crippen molar-refractivity contribution in [2.24, 2.45) is 0 Å². The molecule has 0 radical (unpaired) electrons. The third kappa shape index (κ3) is 5.83. The number of ether oxygens (including phenoxy) is 1. The smallest absolute Gasteiger partial charge is 0.278 e. The van der Waals surface area contributed by atoms with Crippen LogP contribution < -0.4 is 25.8 Å². The van der Waals surface area contributed by atoms with Gasteiger partial charge in [-0.25, -0.2) is 14.6 Å². The number of carbonyl (C=O) groups excluding carboxylic acids is 1. The predicted octanol–water partition coefficient (Wildman–Crippen LogP) is 2.87. The van der Waals surface area contributed by atoms with Crippen molar-refractivity contribution < 1.29 is 14.6 Å². The van der Waals surface area contributed by atoms with Gasteiger partial charge in [0.2, 0.25) is 11.9 Å². The molecule has 3 N–H and O–H groups in total. The third-order valence-corrected chi connectivity index (χ3v) is 7.05. The van der Waals surface area contributed by atoms with Crippen LogP contribution in [0.5, 0.6) is 5.75 Å². The first kappa shape index (κ1) is 28.0. The summed E-state index contributed by atoms with van der Waals surface area (Å²) in [5.74, 6) is 0.323. The van der Waals surface area contributed by atoms with Gasteiger partial charge in [0.15, 0.2) is 0 Å². The van der Waals surface area contributed by atoms with Gasteiger partial charge in [-0.3, -0.25) is 9.59 Å². The van der Waals surface area contributed by atoms with Crippen molar-refractivity contribution in [1.82, 2.24) is 24.6 Å². The number of rotatable bonds is 8. The number of aromatic nitrogens is 4. The van der Waals surface area contributed by atoms with Crippen molar-refractivity contribution in [3.8, 4) is 17.0 Å². The van der Waals surface area contributed by atoms with Gasteiger partial charge in [0.05, 0.1) is 29.9 Å². The summed E-state index contributed by atoms with van der Waals surface area (Å²) >= 11 is 0. The molecule has 12 heteroatoms. The monoisotopic (exact) mass is 558 g/mol. The van der Waals surface area contributed by atoms with E-state index in [2.05, 4.69) is 37.6 Å². The molecule has 1 aliphatic rings. The zero-order valence-electron chi connectivity index (χ0n) is 23.6. The van der Waals surface area contributed by atoms with Crippen LogP contribution in [0.2, 0.25) is 0 Å². The fourth-order valence-electron chi connectivity index (χ4n) is 4.79. The zero-order chi connectivity index (χ0) is 29.1. The lowest BCUT2D eigenvalue weighted by Crippen LogP contribution is -2.44. The maximum Gasteiger partial charge on any atom is 0.278 e. The minimum Gasteiger partial charge on any atom is -0.494 e. The number of hydrogen-bond acceptors (Lipinski definition) is 10. The second kappa shape index (κ2) is 11.9. The predicted molar refractivity (Wildman–Crippen MR) is 159 cm³/mol. The van der Waals surface area contributed by atoms with Crippen LogP contribution in [0.4, 0.5) is 23.0 Å². The Labute approximate surface area is 237 Å². The number of benzene rings is 2. The number of nitrogens with one attached hydrogen (secondary N) is 2. The Morgan fingerprint density at radius 1 is 1.10 bits per heavy atom. The molecule has 12 nitrogen and oxygen atoms in total. The van der Waals surface area contributed by atoms with Crippen molar-refractivity contribution in [3.05, 3.63) is 59.0 Å². The van der Waals surface area contributed by atoms with E-state index in [9.17, 15) is 14.7 Å². The molecule has 1 aliphatic heterocycles. The van der Waals surface area contributed by atoms with Crippen molar-refractivity contribution in [2.75, 3.05) is 62.5 Å². The van der Waals surface area contributed by atoms with E-state index in [4.69, 9.17) is 9.72 Å². The van der Waals surface area contributed by atoms with Crippen molar-refractivity contribution in [2.45, 2.75) is 19.9 Å². The maximum atomic E-state index is 13.3. The molecular weight excluding hydrogens is 524 g/mol. The summed E-state index contributed by atoms with van der Waals surface area (Å²) in [5, 5.41) is 20.2. The lowest BCUT2D eigenvalue weighted by molar-refractivity contribution is -0.118. The number of aliphatic hydroxyl groups is 1. The minimum absolute atomic E-state index is 0.231. The van der Waals surface area contributed by atoms with E-state index < -0.39 is 12.5 Å². The van der Waals surface area contributed by atoms with Gasteiger partial charge in [0.1, 0.15) is 23.6 Å². The molecule has 214 valence electrons. The lowest BCUT2D eigenvalue weighted by Gasteiger charge is -2.34. The Morgan fingerprint density at radius 2 is 1.85 bits per heavy atom. The number of hydrogen-bond donors (Lipinski definition) is 3. The Balaban J connectivity index is 1.57. The van der Waals surface area contributed by atoms with Gasteiger partial charge in [0.25, 0.3) is 5.56 Å².